The minimum atomic E-state index is -0.135. The van der Waals surface area contributed by atoms with Gasteiger partial charge in [0.05, 0.1) is 10.2 Å². The number of benzene rings is 2. The minimum absolute atomic E-state index is 0.135. The molecular formula is C21H21Cl2N3OS. The highest BCUT2D eigenvalue weighted by atomic mass is 35.5. The van der Waals surface area contributed by atoms with Crippen molar-refractivity contribution >= 4 is 61.9 Å². The first-order chi connectivity index (χ1) is 13.3. The first-order valence-electron chi connectivity index (χ1n) is 8.80. The number of fused-ring (bicyclic) bond motifs is 1. The number of aromatic nitrogens is 1. The second-order valence-electron chi connectivity index (χ2n) is 6.71. The largest absolute Gasteiger partial charge is 0.308 e. The number of carbonyl (C=O) groups excluding carboxylic acids is 1. The van der Waals surface area contributed by atoms with Gasteiger partial charge < -0.3 is 4.90 Å². The summed E-state index contributed by atoms with van der Waals surface area (Å²) >= 11 is 13.8. The second-order valence-corrected chi connectivity index (χ2v) is 8.57. The maximum atomic E-state index is 13.0. The highest BCUT2D eigenvalue weighted by molar-refractivity contribution is 7.22. The van der Waals surface area contributed by atoms with E-state index in [-0.39, 0.29) is 5.91 Å². The van der Waals surface area contributed by atoms with Crippen LogP contribution < -0.4 is 4.90 Å². The van der Waals surface area contributed by atoms with E-state index < -0.39 is 0 Å². The zero-order valence-electron chi connectivity index (χ0n) is 15.9. The van der Waals surface area contributed by atoms with E-state index in [4.69, 9.17) is 28.2 Å². The first-order valence-corrected chi connectivity index (χ1v) is 10.4. The van der Waals surface area contributed by atoms with Crippen LogP contribution in [0.2, 0.25) is 10.0 Å². The van der Waals surface area contributed by atoms with E-state index in [2.05, 4.69) is 0 Å². The Morgan fingerprint density at radius 1 is 1.18 bits per heavy atom. The standard InChI is InChI=1S/C21H21Cl2N3OS/c1-14-12-16(22)13-18-20(14)24-21(28-18)26(11-10-25(2)3)19(27)9-8-15-6-4-5-7-17(15)23/h4-9,12-13H,10-11H2,1-3H3/b9-8+. The fourth-order valence-electron chi connectivity index (χ4n) is 2.72. The first kappa shape index (κ1) is 20.8. The molecule has 0 aliphatic heterocycles. The Labute approximate surface area is 179 Å². The molecule has 0 saturated heterocycles. The Bertz CT molecular complexity index is 1030. The van der Waals surface area contributed by atoms with Gasteiger partial charge in [-0.15, -0.1) is 0 Å². The van der Waals surface area contributed by atoms with Gasteiger partial charge in [-0.1, -0.05) is 52.7 Å². The fourth-order valence-corrected chi connectivity index (χ4v) is 4.37. The molecule has 0 atom stereocenters. The van der Waals surface area contributed by atoms with E-state index in [0.29, 0.717) is 21.7 Å². The lowest BCUT2D eigenvalue weighted by Crippen LogP contribution is -2.35. The Morgan fingerprint density at radius 3 is 2.64 bits per heavy atom. The average molecular weight is 434 g/mol. The fraction of sp³-hybridized carbons (Fsp3) is 0.238. The maximum Gasteiger partial charge on any atom is 0.252 e. The molecule has 28 heavy (non-hydrogen) atoms. The SMILES string of the molecule is Cc1cc(Cl)cc2sc(N(CCN(C)C)C(=O)/C=C/c3ccccc3Cl)nc12. The van der Waals surface area contributed by atoms with E-state index >= 15 is 0 Å². The Balaban J connectivity index is 1.93. The summed E-state index contributed by atoms with van der Waals surface area (Å²) in [7, 11) is 3.95. The number of hydrogen-bond donors (Lipinski definition) is 0. The number of halogens is 2. The zero-order valence-corrected chi connectivity index (χ0v) is 18.3. The summed E-state index contributed by atoms with van der Waals surface area (Å²) in [6, 6.07) is 11.2. The smallest absolute Gasteiger partial charge is 0.252 e. The molecule has 0 spiro atoms. The van der Waals surface area contributed by atoms with Crippen molar-refractivity contribution in [3.05, 3.63) is 63.6 Å². The van der Waals surface area contributed by atoms with Gasteiger partial charge in [0.25, 0.3) is 5.91 Å². The molecule has 1 heterocycles. The van der Waals surface area contributed by atoms with Crippen molar-refractivity contribution in [2.24, 2.45) is 0 Å². The van der Waals surface area contributed by atoms with Crippen LogP contribution in [-0.2, 0) is 4.79 Å². The van der Waals surface area contributed by atoms with Gasteiger partial charge >= 0.3 is 0 Å². The van der Waals surface area contributed by atoms with Gasteiger partial charge in [0.2, 0.25) is 0 Å². The Kier molecular flexibility index (Phi) is 6.73. The highest BCUT2D eigenvalue weighted by Crippen LogP contribution is 2.33. The predicted molar refractivity (Wildman–Crippen MR) is 121 cm³/mol. The molecule has 7 heteroatoms. The lowest BCUT2D eigenvalue weighted by molar-refractivity contribution is -0.114. The summed E-state index contributed by atoms with van der Waals surface area (Å²) in [6.07, 6.45) is 3.28. The topological polar surface area (TPSA) is 36.4 Å². The number of carbonyl (C=O) groups is 1. The molecule has 0 bridgehead atoms. The van der Waals surface area contributed by atoms with Gasteiger partial charge in [-0.25, -0.2) is 4.98 Å². The van der Waals surface area contributed by atoms with Gasteiger partial charge in [0.1, 0.15) is 0 Å². The molecule has 1 amide bonds. The highest BCUT2D eigenvalue weighted by Gasteiger charge is 2.19. The third-order valence-electron chi connectivity index (χ3n) is 4.22. The van der Waals surface area contributed by atoms with Crippen molar-refractivity contribution in [3.8, 4) is 0 Å². The Morgan fingerprint density at radius 2 is 1.93 bits per heavy atom. The number of thiazole rings is 1. The summed E-state index contributed by atoms with van der Waals surface area (Å²) in [5, 5.41) is 1.94. The average Bonchev–Trinajstić information content (AvgIpc) is 3.05. The number of nitrogens with zero attached hydrogens (tertiary/aromatic N) is 3. The third kappa shape index (κ3) is 4.92. The van der Waals surface area contributed by atoms with Crippen molar-refractivity contribution in [3.63, 3.8) is 0 Å². The molecule has 0 saturated carbocycles. The van der Waals surface area contributed by atoms with Crippen LogP contribution in [0.25, 0.3) is 16.3 Å². The molecule has 0 unspecified atom stereocenters. The van der Waals surface area contributed by atoms with E-state index in [1.807, 2.05) is 56.3 Å². The van der Waals surface area contributed by atoms with Crippen molar-refractivity contribution in [1.29, 1.82) is 0 Å². The van der Waals surface area contributed by atoms with Gasteiger partial charge in [-0.2, -0.15) is 0 Å². The number of likely N-dealkylation sites (N-methyl/N-ethyl adjacent to an activating group) is 1. The van der Waals surface area contributed by atoms with Crippen LogP contribution in [0.3, 0.4) is 0 Å². The predicted octanol–water partition coefficient (Wildman–Crippen LogP) is 5.52. The van der Waals surface area contributed by atoms with Gasteiger partial charge in [0, 0.05) is 29.2 Å². The van der Waals surface area contributed by atoms with Crippen LogP contribution >= 0.6 is 34.5 Å². The molecule has 0 aliphatic carbocycles. The lowest BCUT2D eigenvalue weighted by Gasteiger charge is -2.20. The number of anilines is 1. The second kappa shape index (κ2) is 9.05. The summed E-state index contributed by atoms with van der Waals surface area (Å²) in [5.74, 6) is -0.135. The van der Waals surface area contributed by atoms with E-state index in [1.165, 1.54) is 11.3 Å². The summed E-state index contributed by atoms with van der Waals surface area (Å²) in [6.45, 7) is 3.23. The molecule has 0 aliphatic rings. The van der Waals surface area contributed by atoms with Crippen LogP contribution in [0.1, 0.15) is 11.1 Å². The van der Waals surface area contributed by atoms with E-state index in [9.17, 15) is 4.79 Å². The van der Waals surface area contributed by atoms with Crippen LogP contribution in [-0.4, -0.2) is 43.0 Å². The Hall–Kier alpha value is -1.92. The normalized spacial score (nSPS) is 11.6. The quantitative estimate of drug-likeness (QED) is 0.480. The van der Waals surface area contributed by atoms with Crippen molar-refractivity contribution in [2.75, 3.05) is 32.1 Å². The number of rotatable bonds is 6. The molecule has 2 aromatic carbocycles. The summed E-state index contributed by atoms with van der Waals surface area (Å²) < 4.78 is 0.970. The van der Waals surface area contributed by atoms with Crippen LogP contribution in [0.5, 0.6) is 0 Å². The number of hydrogen-bond acceptors (Lipinski definition) is 4. The molecule has 0 N–H and O–H groups in total. The van der Waals surface area contributed by atoms with Crippen molar-refractivity contribution in [1.82, 2.24) is 9.88 Å². The van der Waals surface area contributed by atoms with E-state index in [1.54, 1.807) is 23.1 Å². The lowest BCUT2D eigenvalue weighted by atomic mass is 10.2. The van der Waals surface area contributed by atoms with Crippen molar-refractivity contribution in [2.45, 2.75) is 6.92 Å². The number of amides is 1. The zero-order chi connectivity index (χ0) is 20.3. The number of aryl methyl sites for hydroxylation is 1. The summed E-state index contributed by atoms with van der Waals surface area (Å²) in [5.41, 5.74) is 2.68. The van der Waals surface area contributed by atoms with Gasteiger partial charge in [-0.3, -0.25) is 9.69 Å². The van der Waals surface area contributed by atoms with Gasteiger partial charge in [-0.05, 0) is 56.4 Å². The van der Waals surface area contributed by atoms with Crippen LogP contribution in [0.4, 0.5) is 5.13 Å². The molecule has 0 radical (unpaired) electrons. The van der Waals surface area contributed by atoms with Crippen LogP contribution in [0, 0.1) is 6.92 Å². The maximum absolute atomic E-state index is 13.0. The molecule has 3 aromatic rings. The van der Waals surface area contributed by atoms with E-state index in [0.717, 1.165) is 27.9 Å². The van der Waals surface area contributed by atoms with Gasteiger partial charge in [0.15, 0.2) is 5.13 Å². The molecule has 0 fully saturated rings. The third-order valence-corrected chi connectivity index (χ3v) is 5.81. The molecule has 3 rings (SSSR count). The monoisotopic (exact) mass is 433 g/mol. The van der Waals surface area contributed by atoms with Crippen LogP contribution in [0.15, 0.2) is 42.5 Å². The summed E-state index contributed by atoms with van der Waals surface area (Å²) in [4.78, 5) is 21.4. The minimum Gasteiger partial charge on any atom is -0.308 e. The van der Waals surface area contributed by atoms with Crippen molar-refractivity contribution < 1.29 is 4.79 Å². The molecule has 146 valence electrons. The molecule has 1 aromatic heterocycles. The molecular weight excluding hydrogens is 413 g/mol. The molecule has 4 nitrogen and oxygen atoms in total.